The van der Waals surface area contributed by atoms with E-state index in [4.69, 9.17) is 32.7 Å². The van der Waals surface area contributed by atoms with Crippen molar-refractivity contribution < 1.29 is 29.3 Å². The summed E-state index contributed by atoms with van der Waals surface area (Å²) < 4.78 is 11.6. The van der Waals surface area contributed by atoms with Gasteiger partial charge in [0.05, 0.1) is 23.2 Å². The number of pyridine rings is 1. The lowest BCUT2D eigenvalue weighted by molar-refractivity contribution is 0.00191. The Balaban J connectivity index is 1.56. The fraction of sp³-hybridized carbons (Fsp3) is 0.345. The SMILES string of the molecule is CC(C)(C)OC(=O)N(C[C@H](O)c1ccc(Cl)nc1)[C@H]1CCc2ccc(Oc3ccc(Cl)c(C(=O)O)c3)cc2C1. The second kappa shape index (κ2) is 11.8. The summed E-state index contributed by atoms with van der Waals surface area (Å²) in [6.07, 6.45) is 1.95. The van der Waals surface area contributed by atoms with Gasteiger partial charge in [0.2, 0.25) is 0 Å². The number of hydrogen-bond donors (Lipinski definition) is 2. The minimum atomic E-state index is -1.14. The summed E-state index contributed by atoms with van der Waals surface area (Å²) in [5.41, 5.74) is 1.92. The van der Waals surface area contributed by atoms with Crippen LogP contribution in [0.2, 0.25) is 10.2 Å². The minimum Gasteiger partial charge on any atom is -0.478 e. The highest BCUT2D eigenvalue weighted by Gasteiger charge is 2.33. The van der Waals surface area contributed by atoms with Gasteiger partial charge in [-0.05, 0) is 87.6 Å². The van der Waals surface area contributed by atoms with E-state index in [9.17, 15) is 19.8 Å². The number of benzene rings is 2. The van der Waals surface area contributed by atoms with E-state index in [2.05, 4.69) is 4.98 Å². The van der Waals surface area contributed by atoms with Crippen molar-refractivity contribution in [3.8, 4) is 11.5 Å². The second-order valence-electron chi connectivity index (χ2n) is 10.4. The Morgan fingerprint density at radius 2 is 1.79 bits per heavy atom. The number of aliphatic hydroxyl groups excluding tert-OH is 1. The van der Waals surface area contributed by atoms with Crippen molar-refractivity contribution in [1.29, 1.82) is 0 Å². The molecule has 0 saturated heterocycles. The summed E-state index contributed by atoms with van der Waals surface area (Å²) in [5.74, 6) is -0.263. The summed E-state index contributed by atoms with van der Waals surface area (Å²) in [7, 11) is 0. The van der Waals surface area contributed by atoms with Gasteiger partial charge < -0.3 is 24.6 Å². The predicted molar refractivity (Wildman–Crippen MR) is 148 cm³/mol. The number of aliphatic hydroxyl groups is 1. The number of aromatic nitrogens is 1. The van der Waals surface area contributed by atoms with Gasteiger partial charge in [0.15, 0.2) is 0 Å². The van der Waals surface area contributed by atoms with Gasteiger partial charge >= 0.3 is 12.1 Å². The number of aryl methyl sites for hydroxylation is 1. The van der Waals surface area contributed by atoms with E-state index in [0.29, 0.717) is 35.1 Å². The summed E-state index contributed by atoms with van der Waals surface area (Å²) in [6.45, 7) is 5.43. The molecule has 1 aliphatic carbocycles. The summed E-state index contributed by atoms with van der Waals surface area (Å²) >= 11 is 11.9. The van der Waals surface area contributed by atoms with Crippen molar-refractivity contribution in [3.63, 3.8) is 0 Å². The molecule has 1 amide bonds. The van der Waals surface area contributed by atoms with Crippen LogP contribution >= 0.6 is 23.2 Å². The van der Waals surface area contributed by atoms with Crippen molar-refractivity contribution in [2.45, 2.75) is 57.8 Å². The number of aromatic carboxylic acids is 1. The lowest BCUT2D eigenvalue weighted by Gasteiger charge is -2.37. The van der Waals surface area contributed by atoms with Gasteiger partial charge in [0.25, 0.3) is 0 Å². The molecule has 0 bridgehead atoms. The number of carbonyl (C=O) groups excluding carboxylic acids is 1. The lowest BCUT2D eigenvalue weighted by atomic mass is 9.87. The molecule has 0 spiro atoms. The van der Waals surface area contributed by atoms with Crippen LogP contribution in [0.5, 0.6) is 11.5 Å². The van der Waals surface area contributed by atoms with Gasteiger partial charge in [-0.1, -0.05) is 35.3 Å². The number of rotatable bonds is 7. The molecule has 10 heteroatoms. The standard InChI is InChI=1S/C29H30Cl2N2O6/c1-29(2,3)39-28(37)33(16-25(34)18-6-11-26(31)32-15-18)20-7-4-17-5-8-21(13-19(17)12-20)38-22-9-10-24(30)23(14-22)27(35)36/h5-6,8-11,13-15,20,25,34H,4,7,12,16H2,1-3H3,(H,35,36)/t20-,25-/m0/s1. The molecule has 0 fully saturated rings. The molecule has 0 unspecified atom stereocenters. The van der Waals surface area contributed by atoms with Gasteiger partial charge in [-0.25, -0.2) is 14.6 Å². The number of amides is 1. The first kappa shape index (κ1) is 28.7. The van der Waals surface area contributed by atoms with Gasteiger partial charge in [-0.2, -0.15) is 0 Å². The lowest BCUT2D eigenvalue weighted by Crippen LogP contribution is -2.47. The largest absolute Gasteiger partial charge is 0.478 e. The van der Waals surface area contributed by atoms with Crippen LogP contribution in [-0.2, 0) is 17.6 Å². The van der Waals surface area contributed by atoms with Gasteiger partial charge in [-0.15, -0.1) is 0 Å². The molecule has 0 saturated carbocycles. The van der Waals surface area contributed by atoms with E-state index >= 15 is 0 Å². The van der Waals surface area contributed by atoms with Gasteiger partial charge in [0, 0.05) is 17.8 Å². The van der Waals surface area contributed by atoms with Crippen molar-refractivity contribution >= 4 is 35.3 Å². The Morgan fingerprint density at radius 3 is 2.46 bits per heavy atom. The molecule has 0 aliphatic heterocycles. The maximum atomic E-state index is 13.3. The van der Waals surface area contributed by atoms with Crippen molar-refractivity contribution in [3.05, 3.63) is 87.2 Å². The quantitative estimate of drug-likeness (QED) is 0.303. The highest BCUT2D eigenvalue weighted by Crippen LogP contribution is 2.33. The molecule has 2 N–H and O–H groups in total. The van der Waals surface area contributed by atoms with Crippen molar-refractivity contribution in [1.82, 2.24) is 9.88 Å². The number of carboxylic acid groups (broad SMARTS) is 1. The number of ether oxygens (including phenoxy) is 2. The number of nitrogens with zero attached hydrogens (tertiary/aromatic N) is 2. The molecule has 1 aromatic heterocycles. The van der Waals surface area contributed by atoms with E-state index in [-0.39, 0.29) is 23.2 Å². The molecular formula is C29H30Cl2N2O6. The zero-order chi connectivity index (χ0) is 28.3. The normalized spacial score (nSPS) is 15.7. The van der Waals surface area contributed by atoms with E-state index in [1.165, 1.54) is 18.3 Å². The number of halogens is 2. The van der Waals surface area contributed by atoms with Crippen LogP contribution in [0.15, 0.2) is 54.7 Å². The zero-order valence-electron chi connectivity index (χ0n) is 21.9. The Kier molecular flexibility index (Phi) is 8.69. The van der Waals surface area contributed by atoms with Crippen molar-refractivity contribution in [2.24, 2.45) is 0 Å². The third-order valence-electron chi connectivity index (χ3n) is 6.36. The van der Waals surface area contributed by atoms with Crippen LogP contribution in [0.4, 0.5) is 4.79 Å². The molecule has 2 aromatic carbocycles. The average molecular weight is 573 g/mol. The minimum absolute atomic E-state index is 0.0250. The summed E-state index contributed by atoms with van der Waals surface area (Å²) in [5, 5.41) is 20.7. The van der Waals surface area contributed by atoms with Crippen LogP contribution in [0, 0.1) is 0 Å². The molecule has 39 heavy (non-hydrogen) atoms. The Labute approximate surface area is 237 Å². The fourth-order valence-electron chi connectivity index (χ4n) is 4.48. The molecular weight excluding hydrogens is 543 g/mol. The monoisotopic (exact) mass is 572 g/mol. The molecule has 3 aromatic rings. The van der Waals surface area contributed by atoms with E-state index < -0.39 is 23.8 Å². The molecule has 1 aliphatic rings. The molecule has 4 rings (SSSR count). The molecule has 1 heterocycles. The van der Waals surface area contributed by atoms with Gasteiger partial charge in [0.1, 0.15) is 22.3 Å². The van der Waals surface area contributed by atoms with E-state index in [1.54, 1.807) is 43.9 Å². The maximum absolute atomic E-state index is 13.3. The van der Waals surface area contributed by atoms with E-state index in [0.717, 1.165) is 17.5 Å². The molecule has 206 valence electrons. The topological polar surface area (TPSA) is 109 Å². The molecule has 2 atom stereocenters. The Morgan fingerprint density at radius 1 is 1.08 bits per heavy atom. The first-order valence-corrected chi connectivity index (χ1v) is 13.3. The number of carbonyl (C=O) groups is 2. The average Bonchev–Trinajstić information content (AvgIpc) is 2.87. The fourth-order valence-corrected chi connectivity index (χ4v) is 4.79. The first-order chi connectivity index (χ1) is 18.4. The van der Waals surface area contributed by atoms with Crippen LogP contribution in [0.1, 0.15) is 60.3 Å². The van der Waals surface area contributed by atoms with Gasteiger partial charge in [-0.3, -0.25) is 0 Å². The zero-order valence-corrected chi connectivity index (χ0v) is 23.4. The number of fused-ring (bicyclic) bond motifs is 1. The summed E-state index contributed by atoms with van der Waals surface area (Å²) in [4.78, 5) is 30.3. The van der Waals surface area contributed by atoms with Crippen LogP contribution < -0.4 is 4.74 Å². The molecule has 8 nitrogen and oxygen atoms in total. The van der Waals surface area contributed by atoms with Crippen LogP contribution in [0.3, 0.4) is 0 Å². The van der Waals surface area contributed by atoms with E-state index in [1.807, 2.05) is 18.2 Å². The smallest absolute Gasteiger partial charge is 0.410 e. The predicted octanol–water partition coefficient (Wildman–Crippen LogP) is 6.71. The third-order valence-corrected chi connectivity index (χ3v) is 6.91. The van der Waals surface area contributed by atoms with Crippen LogP contribution in [-0.4, -0.2) is 50.3 Å². The summed E-state index contributed by atoms with van der Waals surface area (Å²) in [6, 6.07) is 13.2. The third kappa shape index (κ3) is 7.41. The molecule has 0 radical (unpaired) electrons. The van der Waals surface area contributed by atoms with Crippen LogP contribution in [0.25, 0.3) is 0 Å². The highest BCUT2D eigenvalue weighted by molar-refractivity contribution is 6.33. The number of carboxylic acids is 1. The maximum Gasteiger partial charge on any atom is 0.410 e. The number of hydrogen-bond acceptors (Lipinski definition) is 6. The second-order valence-corrected chi connectivity index (χ2v) is 11.2. The van der Waals surface area contributed by atoms with Crippen molar-refractivity contribution in [2.75, 3.05) is 6.54 Å². The Bertz CT molecular complexity index is 1360. The highest BCUT2D eigenvalue weighted by atomic mass is 35.5. The Hall–Kier alpha value is -3.33. The first-order valence-electron chi connectivity index (χ1n) is 12.5.